The van der Waals surface area contributed by atoms with Gasteiger partial charge in [-0.1, -0.05) is 6.42 Å². The van der Waals surface area contributed by atoms with Gasteiger partial charge in [0.05, 0.1) is 0 Å². The van der Waals surface area contributed by atoms with E-state index in [-0.39, 0.29) is 0 Å². The lowest BCUT2D eigenvalue weighted by molar-refractivity contribution is 0.0830. The van der Waals surface area contributed by atoms with E-state index >= 15 is 0 Å². The van der Waals surface area contributed by atoms with E-state index in [9.17, 15) is 0 Å². The highest BCUT2D eigenvalue weighted by Gasteiger charge is 2.25. The summed E-state index contributed by atoms with van der Waals surface area (Å²) in [5.74, 6) is 0. The van der Waals surface area contributed by atoms with E-state index in [0.717, 1.165) is 26.1 Å². The van der Waals surface area contributed by atoms with Crippen LogP contribution in [0, 0.1) is 0 Å². The molecule has 14 heavy (non-hydrogen) atoms. The third kappa shape index (κ3) is 3.23. The highest BCUT2D eigenvalue weighted by atomic mass is 16.5. The molecule has 1 aliphatic heterocycles. The van der Waals surface area contributed by atoms with Crippen molar-refractivity contribution in [3.63, 3.8) is 0 Å². The second-order valence-electron chi connectivity index (χ2n) is 4.25. The van der Waals surface area contributed by atoms with Crippen LogP contribution in [-0.2, 0) is 4.74 Å². The zero-order valence-corrected chi connectivity index (χ0v) is 9.54. The summed E-state index contributed by atoms with van der Waals surface area (Å²) < 4.78 is 5.08. The van der Waals surface area contributed by atoms with Gasteiger partial charge in [-0.2, -0.15) is 0 Å². The highest BCUT2D eigenvalue weighted by molar-refractivity contribution is 4.82. The molecule has 2 N–H and O–H groups in total. The summed E-state index contributed by atoms with van der Waals surface area (Å²) in [6.07, 6.45) is 5.05. The van der Waals surface area contributed by atoms with Gasteiger partial charge < -0.3 is 10.5 Å². The second kappa shape index (κ2) is 6.38. The fourth-order valence-corrected chi connectivity index (χ4v) is 2.39. The normalized spacial score (nSPS) is 29.4. The van der Waals surface area contributed by atoms with Crippen molar-refractivity contribution in [1.82, 2.24) is 4.90 Å². The number of nitrogens with two attached hydrogens (primary N) is 1. The first kappa shape index (κ1) is 12.0. The van der Waals surface area contributed by atoms with Crippen LogP contribution in [0.4, 0.5) is 0 Å². The topological polar surface area (TPSA) is 38.5 Å². The molecule has 1 fully saturated rings. The number of ether oxygens (including phenoxy) is 1. The number of hydrogen-bond acceptors (Lipinski definition) is 3. The Kier molecular flexibility index (Phi) is 5.45. The van der Waals surface area contributed by atoms with Crippen LogP contribution in [0.15, 0.2) is 0 Å². The average Bonchev–Trinajstić information content (AvgIpc) is 2.20. The van der Waals surface area contributed by atoms with E-state index in [2.05, 4.69) is 11.8 Å². The Morgan fingerprint density at radius 1 is 1.43 bits per heavy atom. The Morgan fingerprint density at radius 2 is 2.21 bits per heavy atom. The third-order valence-electron chi connectivity index (χ3n) is 3.23. The molecule has 2 atom stereocenters. The number of methoxy groups -OCH3 is 1. The van der Waals surface area contributed by atoms with Crippen molar-refractivity contribution < 1.29 is 4.74 Å². The molecule has 1 aliphatic rings. The number of nitrogens with zero attached hydrogens (tertiary/aromatic N) is 1. The molecule has 0 aromatic heterocycles. The fraction of sp³-hybridized carbons (Fsp3) is 1.00. The molecule has 1 saturated heterocycles. The first-order valence-electron chi connectivity index (χ1n) is 5.74. The zero-order valence-electron chi connectivity index (χ0n) is 9.54. The molecule has 0 bridgehead atoms. The van der Waals surface area contributed by atoms with Gasteiger partial charge in [0, 0.05) is 38.9 Å². The predicted molar refractivity (Wildman–Crippen MR) is 59.4 cm³/mol. The van der Waals surface area contributed by atoms with Gasteiger partial charge in [0.15, 0.2) is 0 Å². The van der Waals surface area contributed by atoms with Crippen LogP contribution in [0.25, 0.3) is 0 Å². The van der Waals surface area contributed by atoms with Crippen LogP contribution in [0.3, 0.4) is 0 Å². The molecule has 0 spiro atoms. The lowest BCUT2D eigenvalue weighted by Crippen LogP contribution is -2.49. The molecule has 0 radical (unpaired) electrons. The maximum atomic E-state index is 5.79. The molecule has 3 heteroatoms. The van der Waals surface area contributed by atoms with Crippen LogP contribution in [0.2, 0.25) is 0 Å². The van der Waals surface area contributed by atoms with E-state index in [1.807, 2.05) is 0 Å². The largest absolute Gasteiger partial charge is 0.385 e. The van der Waals surface area contributed by atoms with Crippen LogP contribution >= 0.6 is 0 Å². The highest BCUT2D eigenvalue weighted by Crippen LogP contribution is 2.22. The first-order valence-corrected chi connectivity index (χ1v) is 5.74. The molecular weight excluding hydrogens is 176 g/mol. The Bertz CT molecular complexity index is 152. The van der Waals surface area contributed by atoms with Crippen molar-refractivity contribution in [1.29, 1.82) is 0 Å². The van der Waals surface area contributed by atoms with Gasteiger partial charge in [0.2, 0.25) is 0 Å². The fourth-order valence-electron chi connectivity index (χ4n) is 2.39. The van der Waals surface area contributed by atoms with Crippen molar-refractivity contribution in [3.05, 3.63) is 0 Å². The summed E-state index contributed by atoms with van der Waals surface area (Å²) in [4.78, 5) is 2.56. The van der Waals surface area contributed by atoms with Crippen molar-refractivity contribution in [2.45, 2.75) is 44.7 Å². The zero-order chi connectivity index (χ0) is 10.4. The monoisotopic (exact) mass is 200 g/mol. The Labute approximate surface area is 87.6 Å². The Hall–Kier alpha value is -0.120. The maximum absolute atomic E-state index is 5.79. The smallest absolute Gasteiger partial charge is 0.0474 e. The summed E-state index contributed by atoms with van der Waals surface area (Å²) in [6, 6.07) is 1.31. The number of likely N-dealkylation sites (tertiary alicyclic amines) is 1. The molecule has 1 heterocycles. The molecule has 3 nitrogen and oxygen atoms in total. The molecule has 0 amide bonds. The molecule has 0 aromatic carbocycles. The number of rotatable bonds is 5. The number of piperidine rings is 1. The minimum atomic E-state index is 0.607. The van der Waals surface area contributed by atoms with Gasteiger partial charge in [-0.25, -0.2) is 0 Å². The van der Waals surface area contributed by atoms with Gasteiger partial charge >= 0.3 is 0 Å². The van der Waals surface area contributed by atoms with E-state index in [0.29, 0.717) is 12.1 Å². The third-order valence-corrected chi connectivity index (χ3v) is 3.23. The quantitative estimate of drug-likeness (QED) is 0.678. The minimum Gasteiger partial charge on any atom is -0.385 e. The summed E-state index contributed by atoms with van der Waals surface area (Å²) in [5, 5.41) is 0. The van der Waals surface area contributed by atoms with Gasteiger partial charge in [0.1, 0.15) is 0 Å². The second-order valence-corrected chi connectivity index (χ2v) is 4.25. The molecule has 84 valence electrons. The molecule has 0 saturated carbocycles. The summed E-state index contributed by atoms with van der Waals surface area (Å²) in [6.45, 7) is 5.11. The molecule has 0 aliphatic carbocycles. The van der Waals surface area contributed by atoms with Crippen LogP contribution < -0.4 is 5.73 Å². The lowest BCUT2D eigenvalue weighted by atomic mass is 9.96. The molecule has 2 unspecified atom stereocenters. The van der Waals surface area contributed by atoms with Gasteiger partial charge in [-0.05, 0) is 26.2 Å². The van der Waals surface area contributed by atoms with E-state index in [1.54, 1.807) is 7.11 Å². The molecule has 1 rings (SSSR count). The number of hydrogen-bond donors (Lipinski definition) is 1. The van der Waals surface area contributed by atoms with Gasteiger partial charge in [-0.3, -0.25) is 4.90 Å². The molecule has 0 aromatic rings. The van der Waals surface area contributed by atoms with Gasteiger partial charge in [0.25, 0.3) is 0 Å². The standard InChI is InChI=1S/C11H24N2O/c1-10-5-3-6-11(9-12)13(10)7-4-8-14-2/h10-11H,3-9,12H2,1-2H3. The van der Waals surface area contributed by atoms with Crippen molar-refractivity contribution in [3.8, 4) is 0 Å². The van der Waals surface area contributed by atoms with Crippen LogP contribution in [0.5, 0.6) is 0 Å². The average molecular weight is 200 g/mol. The lowest BCUT2D eigenvalue weighted by Gasteiger charge is -2.40. The maximum Gasteiger partial charge on any atom is 0.0474 e. The van der Waals surface area contributed by atoms with Crippen LogP contribution in [-0.4, -0.2) is 43.8 Å². The van der Waals surface area contributed by atoms with E-state index in [4.69, 9.17) is 10.5 Å². The molecular formula is C11H24N2O. The Morgan fingerprint density at radius 3 is 2.86 bits per heavy atom. The van der Waals surface area contributed by atoms with E-state index in [1.165, 1.54) is 19.3 Å². The predicted octanol–water partition coefficient (Wildman–Crippen LogP) is 1.22. The Balaban J connectivity index is 2.34. The van der Waals surface area contributed by atoms with Crippen LogP contribution in [0.1, 0.15) is 32.6 Å². The van der Waals surface area contributed by atoms with Crippen molar-refractivity contribution >= 4 is 0 Å². The summed E-state index contributed by atoms with van der Waals surface area (Å²) >= 11 is 0. The first-order chi connectivity index (χ1) is 6.79. The van der Waals surface area contributed by atoms with E-state index < -0.39 is 0 Å². The summed E-state index contributed by atoms with van der Waals surface area (Å²) in [7, 11) is 1.76. The van der Waals surface area contributed by atoms with Crippen molar-refractivity contribution in [2.24, 2.45) is 5.73 Å². The SMILES string of the molecule is COCCCN1C(C)CCCC1CN. The minimum absolute atomic E-state index is 0.607. The summed E-state index contributed by atoms with van der Waals surface area (Å²) in [5.41, 5.74) is 5.79. The van der Waals surface area contributed by atoms with Crippen molar-refractivity contribution in [2.75, 3.05) is 26.8 Å². The van der Waals surface area contributed by atoms with Gasteiger partial charge in [-0.15, -0.1) is 0 Å².